The van der Waals surface area contributed by atoms with Crippen molar-refractivity contribution in [2.45, 2.75) is 39.2 Å². The summed E-state index contributed by atoms with van der Waals surface area (Å²) < 4.78 is 1.57. The lowest BCUT2D eigenvalue weighted by atomic mass is 9.94. The van der Waals surface area contributed by atoms with Gasteiger partial charge in [-0.1, -0.05) is 11.6 Å². The van der Waals surface area contributed by atoms with Crippen LogP contribution in [0.1, 0.15) is 36.0 Å². The smallest absolute Gasteiger partial charge is 0.251 e. The molecule has 1 aliphatic rings. The average molecular weight is 350 g/mol. The molecule has 0 aromatic carbocycles. The van der Waals surface area contributed by atoms with Gasteiger partial charge in [0, 0.05) is 31.3 Å². The summed E-state index contributed by atoms with van der Waals surface area (Å²) in [6.07, 6.45) is 3.48. The molecule has 3 rings (SSSR count). The van der Waals surface area contributed by atoms with E-state index < -0.39 is 0 Å². The first-order chi connectivity index (χ1) is 11.4. The van der Waals surface area contributed by atoms with Gasteiger partial charge in [0.15, 0.2) is 0 Å². The summed E-state index contributed by atoms with van der Waals surface area (Å²) in [6, 6.07) is 1.53. The normalized spacial score (nSPS) is 18.0. The molecule has 1 N–H and O–H groups in total. The van der Waals surface area contributed by atoms with Crippen LogP contribution in [0.5, 0.6) is 0 Å². The van der Waals surface area contributed by atoms with Gasteiger partial charge < -0.3 is 9.88 Å². The highest BCUT2D eigenvalue weighted by atomic mass is 35.5. The van der Waals surface area contributed by atoms with Crippen LogP contribution < -0.4 is 5.56 Å². The van der Waals surface area contributed by atoms with Gasteiger partial charge >= 0.3 is 0 Å². The standard InChI is InChI=1S/C16H20ClN5O2/c1-10-13(17)8-22(20-10)9-16(24)21-5-3-4-12(7-21)14-6-15(23)19-11(2)18-14/h6,8,12H,3-5,7,9H2,1-2H3,(H,18,19,23)/t12-/m1/s1. The molecule has 1 saturated heterocycles. The Morgan fingerprint density at radius 3 is 2.92 bits per heavy atom. The third-order valence-corrected chi connectivity index (χ3v) is 4.63. The van der Waals surface area contributed by atoms with Crippen LogP contribution >= 0.6 is 11.6 Å². The monoisotopic (exact) mass is 349 g/mol. The van der Waals surface area contributed by atoms with Gasteiger partial charge in [-0.05, 0) is 26.7 Å². The molecule has 0 bridgehead atoms. The quantitative estimate of drug-likeness (QED) is 0.913. The van der Waals surface area contributed by atoms with Crippen LogP contribution in [-0.2, 0) is 11.3 Å². The molecule has 1 aliphatic heterocycles. The summed E-state index contributed by atoms with van der Waals surface area (Å²) in [4.78, 5) is 33.1. The zero-order chi connectivity index (χ0) is 17.3. The first-order valence-corrected chi connectivity index (χ1v) is 8.35. The lowest BCUT2D eigenvalue weighted by Crippen LogP contribution is -2.41. The van der Waals surface area contributed by atoms with E-state index in [1.165, 1.54) is 6.07 Å². The first-order valence-electron chi connectivity index (χ1n) is 7.97. The average Bonchev–Trinajstić information content (AvgIpc) is 2.84. The molecule has 3 heterocycles. The maximum Gasteiger partial charge on any atom is 0.251 e. The molecule has 8 heteroatoms. The molecule has 0 radical (unpaired) electrons. The molecule has 0 spiro atoms. The van der Waals surface area contributed by atoms with Crippen LogP contribution in [0.25, 0.3) is 0 Å². The maximum atomic E-state index is 12.5. The molecule has 128 valence electrons. The van der Waals surface area contributed by atoms with Crippen molar-refractivity contribution in [3.63, 3.8) is 0 Å². The van der Waals surface area contributed by atoms with E-state index in [1.807, 2.05) is 4.90 Å². The van der Waals surface area contributed by atoms with Gasteiger partial charge in [0.25, 0.3) is 5.56 Å². The van der Waals surface area contributed by atoms with Crippen molar-refractivity contribution in [1.29, 1.82) is 0 Å². The summed E-state index contributed by atoms with van der Waals surface area (Å²) in [6.45, 7) is 5.03. The highest BCUT2D eigenvalue weighted by Gasteiger charge is 2.26. The van der Waals surface area contributed by atoms with E-state index in [2.05, 4.69) is 15.1 Å². The van der Waals surface area contributed by atoms with Gasteiger partial charge in [0.05, 0.1) is 16.4 Å². The number of aromatic nitrogens is 4. The Labute approximate surface area is 144 Å². The van der Waals surface area contributed by atoms with Crippen molar-refractivity contribution in [1.82, 2.24) is 24.6 Å². The fourth-order valence-corrected chi connectivity index (χ4v) is 3.22. The predicted octanol–water partition coefficient (Wildman–Crippen LogP) is 1.64. The van der Waals surface area contributed by atoms with Gasteiger partial charge in [0.1, 0.15) is 12.4 Å². The van der Waals surface area contributed by atoms with E-state index in [0.29, 0.717) is 29.6 Å². The highest BCUT2D eigenvalue weighted by molar-refractivity contribution is 6.31. The molecule has 1 amide bonds. The number of likely N-dealkylation sites (tertiary alicyclic amines) is 1. The number of H-pyrrole nitrogens is 1. The Hall–Kier alpha value is -2.15. The second-order valence-electron chi connectivity index (χ2n) is 6.19. The minimum atomic E-state index is -0.150. The molecule has 0 saturated carbocycles. The van der Waals surface area contributed by atoms with Gasteiger partial charge in [-0.2, -0.15) is 5.10 Å². The number of piperidine rings is 1. The number of carbonyl (C=O) groups excluding carboxylic acids is 1. The molecule has 24 heavy (non-hydrogen) atoms. The number of halogens is 1. The SMILES string of the molecule is Cc1nc([C@@H]2CCCN(C(=O)Cn3cc(Cl)c(C)n3)C2)cc(=O)[nH]1. The number of hydrogen-bond acceptors (Lipinski definition) is 4. The maximum absolute atomic E-state index is 12.5. The number of amides is 1. The number of nitrogens with one attached hydrogen (secondary N) is 1. The molecule has 1 fully saturated rings. The lowest BCUT2D eigenvalue weighted by Gasteiger charge is -2.32. The predicted molar refractivity (Wildman–Crippen MR) is 90.1 cm³/mol. The summed E-state index contributed by atoms with van der Waals surface area (Å²) in [5, 5.41) is 4.78. The van der Waals surface area contributed by atoms with E-state index in [1.54, 1.807) is 24.7 Å². The lowest BCUT2D eigenvalue weighted by molar-refractivity contribution is -0.133. The number of nitrogens with zero attached hydrogens (tertiary/aromatic N) is 4. The summed E-state index contributed by atoms with van der Waals surface area (Å²) in [5.41, 5.74) is 1.32. The van der Waals surface area contributed by atoms with Crippen molar-refractivity contribution in [2.75, 3.05) is 13.1 Å². The summed E-state index contributed by atoms with van der Waals surface area (Å²) >= 11 is 5.98. The molecule has 0 unspecified atom stereocenters. The van der Waals surface area contributed by atoms with Crippen LogP contribution in [0.2, 0.25) is 5.02 Å². The Bertz CT molecular complexity index is 794. The number of hydrogen-bond donors (Lipinski definition) is 1. The minimum absolute atomic E-state index is 0.000397. The van der Waals surface area contributed by atoms with Crippen LogP contribution in [0, 0.1) is 13.8 Å². The Kier molecular flexibility index (Phi) is 4.71. The topological polar surface area (TPSA) is 83.9 Å². The van der Waals surface area contributed by atoms with Crippen LogP contribution in [0.4, 0.5) is 0 Å². The van der Waals surface area contributed by atoms with Crippen molar-refractivity contribution >= 4 is 17.5 Å². The van der Waals surface area contributed by atoms with E-state index in [0.717, 1.165) is 18.5 Å². The van der Waals surface area contributed by atoms with Crippen LogP contribution in [0.15, 0.2) is 17.1 Å². The number of rotatable bonds is 3. The summed E-state index contributed by atoms with van der Waals surface area (Å²) in [7, 11) is 0. The highest BCUT2D eigenvalue weighted by Crippen LogP contribution is 2.25. The summed E-state index contributed by atoms with van der Waals surface area (Å²) in [5.74, 6) is 0.690. The van der Waals surface area contributed by atoms with E-state index in [9.17, 15) is 9.59 Å². The van der Waals surface area contributed by atoms with Crippen molar-refractivity contribution in [3.05, 3.63) is 44.9 Å². The fraction of sp³-hybridized carbons (Fsp3) is 0.500. The third kappa shape index (κ3) is 3.67. The molecule has 2 aromatic rings. The second kappa shape index (κ2) is 6.76. The van der Waals surface area contributed by atoms with Crippen LogP contribution in [-0.4, -0.2) is 43.6 Å². The van der Waals surface area contributed by atoms with Crippen LogP contribution in [0.3, 0.4) is 0 Å². The molecule has 1 atom stereocenters. The minimum Gasteiger partial charge on any atom is -0.340 e. The first kappa shape index (κ1) is 16.7. The molecule has 2 aromatic heterocycles. The van der Waals surface area contributed by atoms with Gasteiger partial charge in [-0.15, -0.1) is 0 Å². The van der Waals surface area contributed by atoms with Gasteiger partial charge in [0.2, 0.25) is 5.91 Å². The van der Waals surface area contributed by atoms with Crippen molar-refractivity contribution in [2.24, 2.45) is 0 Å². The zero-order valence-corrected chi connectivity index (χ0v) is 14.5. The third-order valence-electron chi connectivity index (χ3n) is 4.26. The Balaban J connectivity index is 1.70. The Morgan fingerprint density at radius 2 is 2.25 bits per heavy atom. The van der Waals surface area contributed by atoms with E-state index >= 15 is 0 Å². The molecule has 0 aliphatic carbocycles. The Morgan fingerprint density at radius 1 is 1.46 bits per heavy atom. The van der Waals surface area contributed by atoms with Crippen molar-refractivity contribution in [3.8, 4) is 0 Å². The molecular weight excluding hydrogens is 330 g/mol. The van der Waals surface area contributed by atoms with E-state index in [4.69, 9.17) is 11.6 Å². The second-order valence-corrected chi connectivity index (χ2v) is 6.60. The van der Waals surface area contributed by atoms with Crippen molar-refractivity contribution < 1.29 is 4.79 Å². The number of carbonyl (C=O) groups is 1. The largest absolute Gasteiger partial charge is 0.340 e. The molecular formula is C16H20ClN5O2. The number of aryl methyl sites for hydroxylation is 2. The molecule has 7 nitrogen and oxygen atoms in total. The number of aromatic amines is 1. The van der Waals surface area contributed by atoms with Gasteiger partial charge in [-0.3, -0.25) is 14.3 Å². The fourth-order valence-electron chi connectivity index (χ4n) is 3.07. The van der Waals surface area contributed by atoms with E-state index in [-0.39, 0.29) is 23.9 Å². The van der Waals surface area contributed by atoms with Gasteiger partial charge in [-0.25, -0.2) is 4.98 Å². The zero-order valence-electron chi connectivity index (χ0n) is 13.8.